The highest BCUT2D eigenvalue weighted by Crippen LogP contribution is 1.88. The third kappa shape index (κ3) is 2.33. The zero-order valence-corrected chi connectivity index (χ0v) is 4.41. The third-order valence-electron chi connectivity index (χ3n) is 0.406. The Morgan fingerprint density at radius 3 is 2.14 bits per heavy atom. The first-order valence-electron chi connectivity index (χ1n) is 1.53. The first kappa shape index (κ1) is 6.62. The summed E-state index contributed by atoms with van der Waals surface area (Å²) < 4.78 is 30.9. The summed E-state index contributed by atoms with van der Waals surface area (Å²) in [6.45, 7) is 2.88. The third-order valence-corrected chi connectivity index (χ3v) is 1.22. The molecule has 0 heterocycles. The number of sulfone groups is 1. The summed E-state index contributed by atoms with van der Waals surface area (Å²) >= 11 is 0. The van der Waals surface area contributed by atoms with Crippen LogP contribution in [0.25, 0.3) is 0 Å². The summed E-state index contributed by atoms with van der Waals surface area (Å²) in [6.07, 6.45) is 0. The molecule has 0 aliphatic rings. The number of halogens is 1. The number of rotatable bonds is 2. The standard InChI is InChI=1S/C3H5FO2S/c1-2-7(5,6)3-4/h2H,1,3H2. The van der Waals surface area contributed by atoms with Gasteiger partial charge < -0.3 is 0 Å². The lowest BCUT2D eigenvalue weighted by atomic mass is 11.3. The number of hydrogen-bond donors (Lipinski definition) is 0. The Labute approximate surface area is 41.6 Å². The first-order valence-corrected chi connectivity index (χ1v) is 3.25. The summed E-state index contributed by atoms with van der Waals surface area (Å²) in [5.41, 5.74) is 0. The minimum atomic E-state index is -3.56. The fourth-order valence-electron chi connectivity index (χ4n) is 0.0445. The van der Waals surface area contributed by atoms with Crippen molar-refractivity contribution in [2.45, 2.75) is 0 Å². The fraction of sp³-hybridized carbons (Fsp3) is 0.333. The maximum atomic E-state index is 11.1. The van der Waals surface area contributed by atoms with Gasteiger partial charge in [-0.2, -0.15) is 0 Å². The fourth-order valence-corrected chi connectivity index (χ4v) is 0.134. The highest BCUT2D eigenvalue weighted by molar-refractivity contribution is 7.94. The van der Waals surface area contributed by atoms with Gasteiger partial charge in [0.15, 0.2) is 15.8 Å². The highest BCUT2D eigenvalue weighted by Gasteiger charge is 1.99. The van der Waals surface area contributed by atoms with Gasteiger partial charge in [0.2, 0.25) is 0 Å². The van der Waals surface area contributed by atoms with Gasteiger partial charge in [-0.25, -0.2) is 12.8 Å². The molecule has 0 aromatic carbocycles. The van der Waals surface area contributed by atoms with Crippen LogP contribution in [0.3, 0.4) is 0 Å². The molecular formula is C3H5FO2S. The Morgan fingerprint density at radius 2 is 2.14 bits per heavy atom. The van der Waals surface area contributed by atoms with Gasteiger partial charge in [-0.05, 0) is 0 Å². The van der Waals surface area contributed by atoms with Crippen LogP contribution in [0.1, 0.15) is 0 Å². The molecule has 0 unspecified atom stereocenters. The van der Waals surface area contributed by atoms with Crippen LogP contribution in [0.5, 0.6) is 0 Å². The summed E-state index contributed by atoms with van der Waals surface area (Å²) in [6, 6.07) is -1.35. The van der Waals surface area contributed by atoms with Crippen molar-refractivity contribution in [2.24, 2.45) is 0 Å². The van der Waals surface area contributed by atoms with Crippen molar-refractivity contribution < 1.29 is 12.8 Å². The molecule has 0 atom stereocenters. The van der Waals surface area contributed by atoms with E-state index in [1.165, 1.54) is 0 Å². The predicted octanol–water partition coefficient (Wildman–Crippen LogP) is 0.472. The van der Waals surface area contributed by atoms with E-state index >= 15 is 0 Å². The zero-order chi connectivity index (χ0) is 5.91. The smallest absolute Gasteiger partial charge is 0.200 e. The molecule has 0 radical (unpaired) electrons. The SMILES string of the molecule is C=CS(=O)(=O)CF. The van der Waals surface area contributed by atoms with Crippen molar-refractivity contribution in [3.05, 3.63) is 12.0 Å². The van der Waals surface area contributed by atoms with Crippen LogP contribution < -0.4 is 0 Å². The molecule has 0 aromatic rings. The molecule has 42 valence electrons. The second-order valence-corrected chi connectivity index (χ2v) is 2.82. The quantitative estimate of drug-likeness (QED) is 0.536. The molecule has 0 saturated heterocycles. The van der Waals surface area contributed by atoms with Crippen molar-refractivity contribution in [2.75, 3.05) is 6.01 Å². The summed E-state index contributed by atoms with van der Waals surface area (Å²) in [7, 11) is -3.56. The molecule has 0 N–H and O–H groups in total. The normalized spacial score (nSPS) is 11.0. The van der Waals surface area contributed by atoms with Crippen LogP contribution in [0.15, 0.2) is 12.0 Å². The van der Waals surface area contributed by atoms with E-state index in [2.05, 4.69) is 6.58 Å². The van der Waals surface area contributed by atoms with Crippen LogP contribution in [0.4, 0.5) is 4.39 Å². The minimum absolute atomic E-state index is 0.590. The largest absolute Gasteiger partial charge is 0.233 e. The van der Waals surface area contributed by atoms with E-state index in [0.29, 0.717) is 5.41 Å². The minimum Gasteiger partial charge on any atom is -0.233 e. The van der Waals surface area contributed by atoms with Gasteiger partial charge in [-0.1, -0.05) is 6.58 Å². The van der Waals surface area contributed by atoms with E-state index in [4.69, 9.17) is 0 Å². The van der Waals surface area contributed by atoms with Crippen LogP contribution in [-0.2, 0) is 9.84 Å². The Hall–Kier alpha value is -0.380. The molecule has 4 heteroatoms. The van der Waals surface area contributed by atoms with E-state index in [0.717, 1.165) is 0 Å². The Kier molecular flexibility index (Phi) is 1.95. The van der Waals surface area contributed by atoms with Gasteiger partial charge in [0, 0.05) is 5.41 Å². The molecule has 2 nitrogen and oxygen atoms in total. The van der Waals surface area contributed by atoms with E-state index in [-0.39, 0.29) is 0 Å². The molecule has 0 bridgehead atoms. The van der Waals surface area contributed by atoms with E-state index < -0.39 is 15.8 Å². The molecular weight excluding hydrogens is 119 g/mol. The average molecular weight is 124 g/mol. The molecule has 0 fully saturated rings. The van der Waals surface area contributed by atoms with Crippen LogP contribution >= 0.6 is 0 Å². The van der Waals surface area contributed by atoms with Crippen molar-refractivity contribution >= 4 is 9.84 Å². The van der Waals surface area contributed by atoms with Crippen molar-refractivity contribution in [1.29, 1.82) is 0 Å². The lowest BCUT2D eigenvalue weighted by Gasteiger charge is -1.81. The van der Waals surface area contributed by atoms with Gasteiger partial charge in [0.1, 0.15) is 0 Å². The van der Waals surface area contributed by atoms with Crippen molar-refractivity contribution in [3.63, 3.8) is 0 Å². The van der Waals surface area contributed by atoms with Gasteiger partial charge >= 0.3 is 0 Å². The second kappa shape index (κ2) is 2.07. The lowest BCUT2D eigenvalue weighted by Crippen LogP contribution is -1.93. The zero-order valence-electron chi connectivity index (χ0n) is 3.59. The summed E-state index contributed by atoms with van der Waals surface area (Å²) in [5, 5.41) is 0.590. The second-order valence-electron chi connectivity index (χ2n) is 0.939. The summed E-state index contributed by atoms with van der Waals surface area (Å²) in [5.74, 6) is 0. The number of alkyl halides is 1. The predicted molar refractivity (Wildman–Crippen MR) is 25.1 cm³/mol. The average Bonchev–Trinajstić information content (AvgIpc) is 1.68. The molecule has 0 spiro atoms. The first-order chi connectivity index (χ1) is 3.12. The topological polar surface area (TPSA) is 34.1 Å². The maximum absolute atomic E-state index is 11.1. The van der Waals surface area contributed by atoms with Gasteiger partial charge in [-0.15, -0.1) is 0 Å². The van der Waals surface area contributed by atoms with Crippen molar-refractivity contribution in [1.82, 2.24) is 0 Å². The monoisotopic (exact) mass is 124 g/mol. The molecule has 0 aromatic heterocycles. The van der Waals surface area contributed by atoms with E-state index in [1.807, 2.05) is 0 Å². The molecule has 0 saturated carbocycles. The van der Waals surface area contributed by atoms with Gasteiger partial charge in [0.05, 0.1) is 0 Å². The van der Waals surface area contributed by atoms with Crippen LogP contribution in [0, 0.1) is 0 Å². The summed E-state index contributed by atoms with van der Waals surface area (Å²) in [4.78, 5) is 0. The Morgan fingerprint density at radius 1 is 1.71 bits per heavy atom. The van der Waals surface area contributed by atoms with E-state index in [9.17, 15) is 12.8 Å². The molecule has 0 aliphatic heterocycles. The lowest BCUT2D eigenvalue weighted by molar-refractivity contribution is 0.541. The van der Waals surface area contributed by atoms with Gasteiger partial charge in [-0.3, -0.25) is 0 Å². The Balaban J connectivity index is 4.17. The number of hydrogen-bond acceptors (Lipinski definition) is 2. The maximum Gasteiger partial charge on any atom is 0.200 e. The highest BCUT2D eigenvalue weighted by atomic mass is 32.2. The Bertz CT molecular complexity index is 146. The van der Waals surface area contributed by atoms with Gasteiger partial charge in [0.25, 0.3) is 0 Å². The molecule has 0 amide bonds. The molecule has 0 aliphatic carbocycles. The molecule has 7 heavy (non-hydrogen) atoms. The van der Waals surface area contributed by atoms with E-state index in [1.54, 1.807) is 0 Å². The van der Waals surface area contributed by atoms with Crippen LogP contribution in [0.2, 0.25) is 0 Å². The van der Waals surface area contributed by atoms with Crippen LogP contribution in [-0.4, -0.2) is 14.4 Å². The molecule has 0 rings (SSSR count). The van der Waals surface area contributed by atoms with Crippen molar-refractivity contribution in [3.8, 4) is 0 Å².